The molecule has 0 aliphatic heterocycles. The van der Waals surface area contributed by atoms with E-state index in [2.05, 4.69) is 32.8 Å². The summed E-state index contributed by atoms with van der Waals surface area (Å²) in [6.07, 6.45) is 0. The number of ether oxygens (including phenoxy) is 3. The van der Waals surface area contributed by atoms with Gasteiger partial charge in [-0.15, -0.1) is 0 Å². The van der Waals surface area contributed by atoms with Crippen LogP contribution in [0.25, 0.3) is 0 Å². The van der Waals surface area contributed by atoms with E-state index in [9.17, 15) is 9.59 Å². The normalized spacial score (nSPS) is 10.9. The van der Waals surface area contributed by atoms with Crippen molar-refractivity contribution in [3.8, 4) is 17.6 Å². The number of hydrogen-bond donors (Lipinski definition) is 1. The number of nitrogens with two attached hydrogens (primary N) is 1. The Kier molecular flexibility index (Phi) is 9.94. The van der Waals surface area contributed by atoms with Crippen LogP contribution in [0.2, 0.25) is 5.02 Å². The van der Waals surface area contributed by atoms with Gasteiger partial charge in [0.15, 0.2) is 4.73 Å². The first-order chi connectivity index (χ1) is 18.0. The third-order valence-electron chi connectivity index (χ3n) is 5.50. The van der Waals surface area contributed by atoms with Gasteiger partial charge in [0.2, 0.25) is 0 Å². The van der Waals surface area contributed by atoms with Crippen LogP contribution in [0.4, 0.5) is 0 Å². The van der Waals surface area contributed by atoms with Crippen LogP contribution in [0.15, 0.2) is 53.3 Å². The van der Waals surface area contributed by atoms with E-state index in [1.165, 1.54) is 7.11 Å². The molecule has 0 spiro atoms. The largest absolute Gasteiger partial charge is 0.492 e. The summed E-state index contributed by atoms with van der Waals surface area (Å²) in [6, 6.07) is 13.6. The summed E-state index contributed by atoms with van der Waals surface area (Å²) in [5.41, 5.74) is 0.808. The van der Waals surface area contributed by atoms with E-state index in [1.807, 2.05) is 0 Å². The van der Waals surface area contributed by atoms with Crippen LogP contribution < -0.4 is 10.6 Å². The fourth-order valence-electron chi connectivity index (χ4n) is 3.25. The molecule has 11 heteroatoms. The predicted molar refractivity (Wildman–Crippen MR) is 147 cm³/mol. The van der Waals surface area contributed by atoms with Gasteiger partial charge in [-0.1, -0.05) is 29.7 Å². The molecule has 200 valence electrons. The molecule has 1 heterocycles. The second-order valence-electron chi connectivity index (χ2n) is 8.62. The monoisotopic (exact) mass is 602 g/mol. The molecule has 0 aliphatic rings. The summed E-state index contributed by atoms with van der Waals surface area (Å²) < 4.78 is 18.0. The Morgan fingerprint density at radius 3 is 2.39 bits per heavy atom. The number of carbonyl (C=O) groups is 2. The highest BCUT2D eigenvalue weighted by molar-refractivity contribution is 9.10. The lowest BCUT2D eigenvalue weighted by atomic mass is 10.1. The highest BCUT2D eigenvalue weighted by atomic mass is 79.9. The first-order valence-electron chi connectivity index (χ1n) is 11.5. The van der Waals surface area contributed by atoms with Gasteiger partial charge in [0, 0.05) is 12.1 Å². The van der Waals surface area contributed by atoms with Crippen LogP contribution in [-0.2, 0) is 22.6 Å². The Morgan fingerprint density at radius 2 is 1.79 bits per heavy atom. The van der Waals surface area contributed by atoms with Crippen molar-refractivity contribution in [3.63, 3.8) is 0 Å². The molecule has 0 saturated carbocycles. The molecule has 1 aromatic heterocycles. The smallest absolute Gasteiger partial charge is 0.337 e. The molecule has 0 fully saturated rings. The van der Waals surface area contributed by atoms with Crippen molar-refractivity contribution < 1.29 is 23.8 Å². The van der Waals surface area contributed by atoms with Gasteiger partial charge in [0.25, 0.3) is 5.91 Å². The zero-order chi connectivity index (χ0) is 27.9. The molecule has 2 aromatic carbocycles. The third kappa shape index (κ3) is 7.58. The molecule has 2 N–H and O–H groups in total. The first-order valence-corrected chi connectivity index (χ1v) is 12.7. The molecular formula is C27H28BrClN4O5. The van der Waals surface area contributed by atoms with Crippen molar-refractivity contribution in [2.24, 2.45) is 5.84 Å². The van der Waals surface area contributed by atoms with Gasteiger partial charge in [-0.3, -0.25) is 9.80 Å². The Hall–Kier alpha value is -3.36. The molecule has 3 aromatic rings. The molecule has 0 bridgehead atoms. The quantitative estimate of drug-likeness (QED) is 0.127. The fourth-order valence-corrected chi connectivity index (χ4v) is 3.91. The number of hydrazine groups is 1. The van der Waals surface area contributed by atoms with Crippen molar-refractivity contribution in [2.45, 2.75) is 32.5 Å². The first kappa shape index (κ1) is 29.2. The lowest BCUT2D eigenvalue weighted by molar-refractivity contribution is 0.0599. The lowest BCUT2D eigenvalue weighted by Gasteiger charge is -2.19. The van der Waals surface area contributed by atoms with E-state index in [4.69, 9.17) is 31.7 Å². The summed E-state index contributed by atoms with van der Waals surface area (Å²) in [5, 5.41) is 1.67. The number of carbonyl (C=O) groups excluding carboxylic acids is 2. The van der Waals surface area contributed by atoms with E-state index >= 15 is 0 Å². The Bertz CT molecular complexity index is 1340. The fraction of sp³-hybridized carbons (Fsp3) is 0.296. The Balaban J connectivity index is 1.87. The summed E-state index contributed by atoms with van der Waals surface area (Å²) >= 11 is 9.38. The van der Waals surface area contributed by atoms with Crippen molar-refractivity contribution in [3.05, 3.63) is 80.8 Å². The maximum Gasteiger partial charge on any atom is 0.337 e. The number of aromatic nitrogens is 2. The van der Waals surface area contributed by atoms with Gasteiger partial charge >= 0.3 is 5.97 Å². The van der Waals surface area contributed by atoms with Crippen LogP contribution in [-0.4, -0.2) is 52.9 Å². The molecule has 3 rings (SSSR count). The third-order valence-corrected chi connectivity index (χ3v) is 6.36. The number of esters is 1. The second-order valence-corrected chi connectivity index (χ2v) is 9.76. The van der Waals surface area contributed by atoms with Gasteiger partial charge in [0.1, 0.15) is 29.3 Å². The maximum atomic E-state index is 13.6. The SMILES string of the molecule is COC(=O)c1ccc(CN(N)C(=O)c2c(C#CC(C)(C)OC)nc(Br)n2CCOc2ccc(Cl)cc2)cc1. The average Bonchev–Trinajstić information content (AvgIpc) is 3.23. The minimum Gasteiger partial charge on any atom is -0.492 e. The number of rotatable bonds is 9. The highest BCUT2D eigenvalue weighted by Crippen LogP contribution is 2.21. The highest BCUT2D eigenvalue weighted by Gasteiger charge is 2.25. The lowest BCUT2D eigenvalue weighted by Crippen LogP contribution is -2.38. The minimum atomic E-state index is -0.752. The average molecular weight is 604 g/mol. The number of amides is 1. The molecular weight excluding hydrogens is 576 g/mol. The Morgan fingerprint density at radius 1 is 1.13 bits per heavy atom. The van der Waals surface area contributed by atoms with E-state index in [-0.39, 0.29) is 31.1 Å². The number of hydrogen-bond acceptors (Lipinski definition) is 7. The van der Waals surface area contributed by atoms with Crippen molar-refractivity contribution in [1.82, 2.24) is 14.6 Å². The molecule has 0 aliphatic carbocycles. The maximum absolute atomic E-state index is 13.6. The van der Waals surface area contributed by atoms with Gasteiger partial charge < -0.3 is 18.8 Å². The summed E-state index contributed by atoms with van der Waals surface area (Å²) in [4.78, 5) is 29.7. The minimum absolute atomic E-state index is 0.0841. The van der Waals surface area contributed by atoms with E-state index in [0.29, 0.717) is 21.1 Å². The molecule has 0 saturated heterocycles. The molecule has 1 amide bonds. The van der Waals surface area contributed by atoms with E-state index < -0.39 is 17.5 Å². The van der Waals surface area contributed by atoms with E-state index in [1.54, 1.807) is 74.1 Å². The standard InChI is InChI=1S/C27H28BrClN4O5/c1-27(2,37-4)14-13-22-23(24(34)33(30)17-18-5-7-19(8-6-18)25(35)36-3)32(26(28)31-22)15-16-38-21-11-9-20(29)10-12-21/h5-12H,15-17,30H2,1-4H3. The molecule has 0 unspecified atom stereocenters. The van der Waals surface area contributed by atoms with Crippen molar-refractivity contribution in [1.29, 1.82) is 0 Å². The number of methoxy groups -OCH3 is 2. The van der Waals surface area contributed by atoms with Gasteiger partial charge in [-0.05, 0) is 77.7 Å². The number of nitrogens with zero attached hydrogens (tertiary/aromatic N) is 3. The van der Waals surface area contributed by atoms with Gasteiger partial charge in [-0.2, -0.15) is 0 Å². The van der Waals surface area contributed by atoms with Crippen LogP contribution in [0.1, 0.15) is 46.0 Å². The van der Waals surface area contributed by atoms with Crippen LogP contribution in [0.5, 0.6) is 5.75 Å². The topological polar surface area (TPSA) is 109 Å². The molecule has 38 heavy (non-hydrogen) atoms. The zero-order valence-electron chi connectivity index (χ0n) is 21.5. The van der Waals surface area contributed by atoms with Gasteiger partial charge in [-0.25, -0.2) is 15.6 Å². The van der Waals surface area contributed by atoms with Gasteiger partial charge in [0.05, 0.1) is 25.8 Å². The summed E-state index contributed by atoms with van der Waals surface area (Å²) in [5.74, 6) is 11.9. The summed E-state index contributed by atoms with van der Waals surface area (Å²) in [7, 11) is 2.86. The Labute approximate surface area is 234 Å². The van der Waals surface area contributed by atoms with Crippen LogP contribution in [0, 0.1) is 11.8 Å². The van der Waals surface area contributed by atoms with E-state index in [0.717, 1.165) is 10.6 Å². The number of benzene rings is 2. The summed E-state index contributed by atoms with van der Waals surface area (Å²) in [6.45, 7) is 4.23. The molecule has 0 atom stereocenters. The van der Waals surface area contributed by atoms with Crippen LogP contribution in [0.3, 0.4) is 0 Å². The zero-order valence-corrected chi connectivity index (χ0v) is 23.8. The number of halogens is 2. The van der Waals surface area contributed by atoms with Crippen molar-refractivity contribution in [2.75, 3.05) is 20.8 Å². The predicted octanol–water partition coefficient (Wildman–Crippen LogP) is 4.46. The molecule has 0 radical (unpaired) electrons. The second kappa shape index (κ2) is 12.9. The number of imidazole rings is 1. The molecule has 9 nitrogen and oxygen atoms in total. The van der Waals surface area contributed by atoms with Crippen molar-refractivity contribution >= 4 is 39.4 Å². The van der Waals surface area contributed by atoms with Crippen LogP contribution >= 0.6 is 27.5 Å².